The third-order valence-electron chi connectivity index (χ3n) is 4.53. The zero-order chi connectivity index (χ0) is 17.9. The average molecular weight is 360 g/mol. The zero-order valence-electron chi connectivity index (χ0n) is 14.6. The average Bonchev–Trinajstić information content (AvgIpc) is 3.08. The molecule has 25 heavy (non-hydrogen) atoms. The van der Waals surface area contributed by atoms with Gasteiger partial charge >= 0.3 is 0 Å². The number of rotatable bonds is 6. The van der Waals surface area contributed by atoms with Gasteiger partial charge in [0, 0.05) is 12.4 Å². The van der Waals surface area contributed by atoms with E-state index in [9.17, 15) is 8.42 Å². The highest BCUT2D eigenvalue weighted by atomic mass is 32.2. The molecule has 1 aliphatic rings. The van der Waals surface area contributed by atoms with Crippen molar-refractivity contribution in [2.75, 3.05) is 0 Å². The molecule has 0 aliphatic heterocycles. The van der Waals surface area contributed by atoms with E-state index in [1.165, 1.54) is 12.8 Å². The molecule has 0 atom stereocenters. The Morgan fingerprint density at radius 3 is 2.24 bits per heavy atom. The fourth-order valence-corrected chi connectivity index (χ4v) is 4.52. The van der Waals surface area contributed by atoms with Gasteiger partial charge in [0.1, 0.15) is 5.75 Å². The van der Waals surface area contributed by atoms with Crippen molar-refractivity contribution < 1.29 is 13.2 Å². The molecule has 0 spiro atoms. The molecular formula is C19H24N2O3S. The van der Waals surface area contributed by atoms with E-state index in [-0.39, 0.29) is 11.0 Å². The molecule has 1 aromatic carbocycles. The van der Waals surface area contributed by atoms with E-state index in [1.54, 1.807) is 48.8 Å². The summed E-state index contributed by atoms with van der Waals surface area (Å²) in [5.41, 5.74) is 0.119. The monoisotopic (exact) mass is 360 g/mol. The van der Waals surface area contributed by atoms with E-state index in [0.29, 0.717) is 0 Å². The Morgan fingerprint density at radius 1 is 1.04 bits per heavy atom. The maximum atomic E-state index is 12.7. The predicted octanol–water partition coefficient (Wildman–Crippen LogP) is 3.62. The number of hydrogen-bond donors (Lipinski definition) is 1. The van der Waals surface area contributed by atoms with Crippen LogP contribution in [0, 0.1) is 0 Å². The van der Waals surface area contributed by atoms with Crippen molar-refractivity contribution in [3.63, 3.8) is 0 Å². The van der Waals surface area contributed by atoms with Gasteiger partial charge in [0.25, 0.3) is 0 Å². The number of pyridine rings is 1. The highest BCUT2D eigenvalue weighted by molar-refractivity contribution is 7.89. The summed E-state index contributed by atoms with van der Waals surface area (Å²) in [6, 6.07) is 10.3. The van der Waals surface area contributed by atoms with Gasteiger partial charge in [-0.15, -0.1) is 0 Å². The molecule has 1 aliphatic carbocycles. The van der Waals surface area contributed by atoms with E-state index >= 15 is 0 Å². The molecule has 1 saturated carbocycles. The Morgan fingerprint density at radius 2 is 1.64 bits per heavy atom. The molecule has 5 nitrogen and oxygen atoms in total. The predicted molar refractivity (Wildman–Crippen MR) is 96.9 cm³/mol. The summed E-state index contributed by atoms with van der Waals surface area (Å²) in [5, 5.41) is 0. The summed E-state index contributed by atoms with van der Waals surface area (Å²) in [4.78, 5) is 4.20. The Hall–Kier alpha value is -1.92. The van der Waals surface area contributed by atoms with Crippen LogP contribution in [0.15, 0.2) is 53.7 Å². The fourth-order valence-electron chi connectivity index (χ4n) is 3.12. The summed E-state index contributed by atoms with van der Waals surface area (Å²) in [5.74, 6) is 0.722. The van der Waals surface area contributed by atoms with E-state index in [2.05, 4.69) is 9.71 Å². The summed E-state index contributed by atoms with van der Waals surface area (Å²) in [6.45, 7) is 3.66. The number of ether oxygens (including phenoxy) is 1. The van der Waals surface area contributed by atoms with Gasteiger partial charge in [-0.05, 0) is 81.5 Å². The Bertz CT molecular complexity index is 796. The minimum absolute atomic E-state index is 0.230. The molecule has 2 aromatic rings. The van der Waals surface area contributed by atoms with Crippen molar-refractivity contribution in [2.24, 2.45) is 0 Å². The second kappa shape index (κ2) is 7.14. The van der Waals surface area contributed by atoms with Crippen LogP contribution in [0.4, 0.5) is 0 Å². The van der Waals surface area contributed by atoms with E-state index in [1.807, 2.05) is 13.8 Å². The highest BCUT2D eigenvalue weighted by Crippen LogP contribution is 2.26. The first-order valence-corrected chi connectivity index (χ1v) is 10.1. The Balaban J connectivity index is 1.73. The second-order valence-electron chi connectivity index (χ2n) is 6.96. The van der Waals surface area contributed by atoms with Crippen LogP contribution in [0.5, 0.6) is 5.75 Å². The van der Waals surface area contributed by atoms with Crippen LogP contribution in [0.3, 0.4) is 0 Å². The van der Waals surface area contributed by atoms with Crippen LogP contribution < -0.4 is 9.46 Å². The van der Waals surface area contributed by atoms with E-state index in [4.69, 9.17) is 4.74 Å². The van der Waals surface area contributed by atoms with Gasteiger partial charge in [0.2, 0.25) is 10.0 Å². The molecular weight excluding hydrogens is 336 g/mol. The lowest BCUT2D eigenvalue weighted by Crippen LogP contribution is -2.40. The first-order valence-electron chi connectivity index (χ1n) is 8.58. The molecule has 3 rings (SSSR count). The number of nitrogens with one attached hydrogen (secondary N) is 1. The van der Waals surface area contributed by atoms with Gasteiger partial charge in [-0.1, -0.05) is 0 Å². The van der Waals surface area contributed by atoms with Gasteiger partial charge < -0.3 is 4.74 Å². The highest BCUT2D eigenvalue weighted by Gasteiger charge is 2.28. The first kappa shape index (κ1) is 17.9. The third-order valence-corrected chi connectivity index (χ3v) is 6.20. The number of benzene rings is 1. The molecule has 0 unspecified atom stereocenters. The topological polar surface area (TPSA) is 68.3 Å². The molecule has 6 heteroatoms. The van der Waals surface area contributed by atoms with Crippen molar-refractivity contribution in [1.82, 2.24) is 9.71 Å². The van der Waals surface area contributed by atoms with Crippen LogP contribution in [0.2, 0.25) is 0 Å². The molecule has 0 bridgehead atoms. The normalized spacial score (nSPS) is 16.1. The van der Waals surface area contributed by atoms with E-state index in [0.717, 1.165) is 24.2 Å². The Labute approximate surface area is 149 Å². The largest absolute Gasteiger partial charge is 0.490 e. The lowest BCUT2D eigenvalue weighted by atomic mass is 9.97. The van der Waals surface area contributed by atoms with Crippen molar-refractivity contribution in [2.45, 2.75) is 56.1 Å². The van der Waals surface area contributed by atoms with Crippen molar-refractivity contribution in [3.05, 3.63) is 54.4 Å². The van der Waals surface area contributed by atoms with Crippen LogP contribution in [-0.2, 0) is 15.6 Å². The van der Waals surface area contributed by atoms with Gasteiger partial charge in [-0.3, -0.25) is 4.98 Å². The molecule has 0 saturated heterocycles. The Kier molecular flexibility index (Phi) is 5.11. The third kappa shape index (κ3) is 4.38. The minimum atomic E-state index is -3.64. The quantitative estimate of drug-likeness (QED) is 0.854. The van der Waals surface area contributed by atoms with Crippen molar-refractivity contribution in [3.8, 4) is 5.75 Å². The van der Waals surface area contributed by atoms with Gasteiger partial charge in [0.15, 0.2) is 0 Å². The van der Waals surface area contributed by atoms with Gasteiger partial charge in [-0.25, -0.2) is 13.1 Å². The number of nitrogens with zero attached hydrogens (tertiary/aromatic N) is 1. The molecule has 1 aromatic heterocycles. The number of aromatic nitrogens is 1. The second-order valence-corrected chi connectivity index (χ2v) is 8.64. The zero-order valence-corrected chi connectivity index (χ0v) is 15.4. The van der Waals surface area contributed by atoms with Gasteiger partial charge in [-0.2, -0.15) is 0 Å². The first-order chi connectivity index (χ1) is 11.9. The van der Waals surface area contributed by atoms with Crippen LogP contribution in [0.1, 0.15) is 45.1 Å². The number of hydrogen-bond acceptors (Lipinski definition) is 4. The molecule has 1 N–H and O–H groups in total. The van der Waals surface area contributed by atoms with Crippen LogP contribution in [0.25, 0.3) is 0 Å². The fraction of sp³-hybridized carbons (Fsp3) is 0.421. The molecule has 1 heterocycles. The standard InChI is InChI=1S/C19H24N2O3S/c1-19(2,15-11-13-20-14-12-15)21-25(22,23)18-9-7-17(8-10-18)24-16-5-3-4-6-16/h7-14,16,21H,3-6H2,1-2H3. The molecule has 0 radical (unpaired) electrons. The van der Waals surface area contributed by atoms with Gasteiger partial charge in [0.05, 0.1) is 16.5 Å². The maximum absolute atomic E-state index is 12.7. The maximum Gasteiger partial charge on any atom is 0.241 e. The lowest BCUT2D eigenvalue weighted by molar-refractivity contribution is 0.210. The van der Waals surface area contributed by atoms with Crippen molar-refractivity contribution in [1.29, 1.82) is 0 Å². The lowest BCUT2D eigenvalue weighted by Gasteiger charge is -2.26. The number of sulfonamides is 1. The summed E-state index contributed by atoms with van der Waals surface area (Å²) < 4.78 is 34.1. The van der Waals surface area contributed by atoms with E-state index < -0.39 is 15.6 Å². The molecule has 134 valence electrons. The summed E-state index contributed by atoms with van der Waals surface area (Å²) >= 11 is 0. The van der Waals surface area contributed by atoms with Crippen molar-refractivity contribution >= 4 is 10.0 Å². The molecule has 0 amide bonds. The molecule has 1 fully saturated rings. The summed E-state index contributed by atoms with van der Waals surface area (Å²) in [7, 11) is -3.64. The minimum Gasteiger partial charge on any atom is -0.490 e. The van der Waals surface area contributed by atoms with Crippen LogP contribution >= 0.6 is 0 Å². The summed E-state index contributed by atoms with van der Waals surface area (Å²) in [6.07, 6.45) is 8.10. The SMILES string of the molecule is CC(C)(NS(=O)(=O)c1ccc(OC2CCCC2)cc1)c1ccncc1. The van der Waals surface area contributed by atoms with Crippen LogP contribution in [-0.4, -0.2) is 19.5 Å². The smallest absolute Gasteiger partial charge is 0.241 e.